The van der Waals surface area contributed by atoms with Crippen LogP contribution in [0, 0.1) is 11.5 Å². The molecule has 0 aliphatic rings. The van der Waals surface area contributed by atoms with Crippen LogP contribution in [0.1, 0.15) is 0 Å². The van der Waals surface area contributed by atoms with Gasteiger partial charge >= 0.3 is 6.18 Å². The topological polar surface area (TPSA) is 74.2 Å². The van der Waals surface area contributed by atoms with Crippen LogP contribution in [0.15, 0.2) is 4.99 Å². The van der Waals surface area contributed by atoms with Crippen LogP contribution in [0.3, 0.4) is 0 Å². The quantitative estimate of drug-likeness (QED) is 0.248. The van der Waals surface area contributed by atoms with Crippen LogP contribution in [0.25, 0.3) is 0 Å². The fourth-order valence-corrected chi connectivity index (χ4v) is 0.272. The van der Waals surface area contributed by atoms with E-state index in [1.807, 2.05) is 0 Å². The molecule has 0 aliphatic heterocycles. The zero-order chi connectivity index (χ0) is 8.91. The molecule has 0 saturated carbocycles. The van der Waals surface area contributed by atoms with E-state index in [2.05, 4.69) is 4.99 Å². The van der Waals surface area contributed by atoms with Gasteiger partial charge in [-0.15, -0.1) is 0 Å². The maximum absolute atomic E-state index is 11.4. The highest BCUT2D eigenvalue weighted by Gasteiger charge is 2.26. The van der Waals surface area contributed by atoms with Crippen molar-refractivity contribution < 1.29 is 13.2 Å². The molecule has 3 N–H and O–H groups in total. The highest BCUT2D eigenvalue weighted by molar-refractivity contribution is 5.79. The van der Waals surface area contributed by atoms with Gasteiger partial charge in [-0.3, -0.25) is 5.32 Å². The number of nitrogens with two attached hydrogens (primary N) is 1. The predicted octanol–water partition coefficient (Wildman–Crippen LogP) is -0.0659. The van der Waals surface area contributed by atoms with Crippen LogP contribution in [0.2, 0.25) is 0 Å². The summed E-state index contributed by atoms with van der Waals surface area (Å²) in [5, 5.41) is 9.61. The second-order valence-corrected chi connectivity index (χ2v) is 1.55. The van der Waals surface area contributed by atoms with E-state index in [0.717, 1.165) is 0 Å². The SMILES string of the molecule is N#CNC(N)=NCC(F)(F)F. The first-order valence-corrected chi connectivity index (χ1v) is 2.47. The summed E-state index contributed by atoms with van der Waals surface area (Å²) in [5.74, 6) is -0.537. The van der Waals surface area contributed by atoms with Gasteiger partial charge in [0, 0.05) is 0 Å². The molecule has 0 aromatic heterocycles. The maximum Gasteiger partial charge on any atom is 0.408 e. The van der Waals surface area contributed by atoms with E-state index < -0.39 is 18.7 Å². The summed E-state index contributed by atoms with van der Waals surface area (Å²) in [6.45, 7) is -1.38. The Morgan fingerprint density at radius 2 is 2.18 bits per heavy atom. The molecule has 0 fully saturated rings. The highest BCUT2D eigenvalue weighted by Crippen LogP contribution is 2.13. The third kappa shape index (κ3) is 6.44. The third-order valence-electron chi connectivity index (χ3n) is 0.613. The van der Waals surface area contributed by atoms with E-state index in [1.165, 1.54) is 6.19 Å². The molecule has 0 heterocycles. The standard InChI is InChI=1S/C4H5F3N4/c5-4(6,7)1-10-3(9)11-2-8/h1H2,(H3,9,10,11). The van der Waals surface area contributed by atoms with Gasteiger partial charge in [0.2, 0.25) is 5.96 Å². The zero-order valence-corrected chi connectivity index (χ0v) is 5.31. The molecule has 0 radical (unpaired) electrons. The number of hydrogen-bond acceptors (Lipinski definition) is 2. The number of nitrogens with one attached hydrogen (secondary N) is 1. The summed E-state index contributed by atoms with van der Waals surface area (Å²) in [6.07, 6.45) is -3.06. The van der Waals surface area contributed by atoms with Crippen molar-refractivity contribution in [3.63, 3.8) is 0 Å². The summed E-state index contributed by atoms with van der Waals surface area (Å²) < 4.78 is 34.1. The summed E-state index contributed by atoms with van der Waals surface area (Å²) >= 11 is 0. The molecule has 0 amide bonds. The zero-order valence-electron chi connectivity index (χ0n) is 5.31. The van der Waals surface area contributed by atoms with E-state index in [4.69, 9.17) is 11.0 Å². The lowest BCUT2D eigenvalue weighted by Gasteiger charge is -2.01. The number of guanidine groups is 1. The molecular formula is C4H5F3N4. The molecule has 0 aromatic rings. The Balaban J connectivity index is 3.85. The van der Waals surface area contributed by atoms with Gasteiger partial charge < -0.3 is 5.73 Å². The van der Waals surface area contributed by atoms with Gasteiger partial charge in [0.25, 0.3) is 0 Å². The molecule has 7 heteroatoms. The van der Waals surface area contributed by atoms with Crippen molar-refractivity contribution in [1.82, 2.24) is 5.32 Å². The molecular weight excluding hydrogens is 161 g/mol. The lowest BCUT2D eigenvalue weighted by atomic mass is 10.6. The van der Waals surface area contributed by atoms with Crippen LogP contribution in [0.5, 0.6) is 0 Å². The summed E-state index contributed by atoms with van der Waals surface area (Å²) in [6, 6.07) is 0. The van der Waals surface area contributed by atoms with Crippen molar-refractivity contribution in [2.45, 2.75) is 6.18 Å². The monoisotopic (exact) mass is 166 g/mol. The van der Waals surface area contributed by atoms with E-state index in [9.17, 15) is 13.2 Å². The van der Waals surface area contributed by atoms with E-state index in [1.54, 1.807) is 5.32 Å². The number of aliphatic imine (C=N–C) groups is 1. The third-order valence-corrected chi connectivity index (χ3v) is 0.613. The normalized spacial score (nSPS) is 12.4. The van der Waals surface area contributed by atoms with E-state index in [0.29, 0.717) is 0 Å². The van der Waals surface area contributed by atoms with Gasteiger partial charge in [-0.05, 0) is 0 Å². The van der Waals surface area contributed by atoms with Crippen molar-refractivity contribution >= 4 is 5.96 Å². The molecule has 0 rings (SSSR count). The van der Waals surface area contributed by atoms with Crippen molar-refractivity contribution in [3.8, 4) is 6.19 Å². The smallest absolute Gasteiger partial charge is 0.369 e. The minimum atomic E-state index is -4.39. The molecule has 0 unspecified atom stereocenters. The lowest BCUT2D eigenvalue weighted by Crippen LogP contribution is -2.29. The minimum absolute atomic E-state index is 0.537. The summed E-state index contributed by atoms with van der Waals surface area (Å²) in [5.41, 5.74) is 4.81. The molecule has 0 bridgehead atoms. The second kappa shape index (κ2) is 3.65. The number of hydrogen-bond donors (Lipinski definition) is 2. The molecule has 0 atom stereocenters. The first-order valence-electron chi connectivity index (χ1n) is 2.47. The van der Waals surface area contributed by atoms with Crippen molar-refractivity contribution in [3.05, 3.63) is 0 Å². The largest absolute Gasteiger partial charge is 0.408 e. The first-order chi connectivity index (χ1) is 4.95. The number of alkyl halides is 3. The Morgan fingerprint density at radius 3 is 2.55 bits per heavy atom. The Morgan fingerprint density at radius 1 is 1.64 bits per heavy atom. The molecule has 4 nitrogen and oxygen atoms in total. The fraction of sp³-hybridized carbons (Fsp3) is 0.500. The summed E-state index contributed by atoms with van der Waals surface area (Å²) in [7, 11) is 0. The molecule has 11 heavy (non-hydrogen) atoms. The van der Waals surface area contributed by atoms with Gasteiger partial charge in [-0.25, -0.2) is 4.99 Å². The van der Waals surface area contributed by atoms with Crippen molar-refractivity contribution in [2.75, 3.05) is 6.54 Å². The van der Waals surface area contributed by atoms with Crippen LogP contribution < -0.4 is 11.1 Å². The average Bonchev–Trinajstić information content (AvgIpc) is 1.83. The fourth-order valence-electron chi connectivity index (χ4n) is 0.272. The molecule has 62 valence electrons. The maximum atomic E-state index is 11.4. The Hall–Kier alpha value is -1.45. The number of rotatable bonds is 1. The second-order valence-electron chi connectivity index (χ2n) is 1.55. The number of nitrogens with zero attached hydrogens (tertiary/aromatic N) is 2. The molecule has 0 aromatic carbocycles. The minimum Gasteiger partial charge on any atom is -0.369 e. The van der Waals surface area contributed by atoms with Crippen LogP contribution in [-0.2, 0) is 0 Å². The predicted molar refractivity (Wildman–Crippen MR) is 31.3 cm³/mol. The molecule has 0 spiro atoms. The Kier molecular flexibility index (Phi) is 3.17. The molecule has 0 aliphatic carbocycles. The van der Waals surface area contributed by atoms with Gasteiger partial charge in [0.1, 0.15) is 6.54 Å². The van der Waals surface area contributed by atoms with Crippen LogP contribution in [-0.4, -0.2) is 18.7 Å². The van der Waals surface area contributed by atoms with Gasteiger partial charge in [-0.1, -0.05) is 0 Å². The van der Waals surface area contributed by atoms with E-state index >= 15 is 0 Å². The van der Waals surface area contributed by atoms with Crippen LogP contribution in [0.4, 0.5) is 13.2 Å². The van der Waals surface area contributed by atoms with Gasteiger partial charge in [0.15, 0.2) is 6.19 Å². The summed E-state index contributed by atoms with van der Waals surface area (Å²) in [4.78, 5) is 2.82. The van der Waals surface area contributed by atoms with Crippen molar-refractivity contribution in [1.29, 1.82) is 5.26 Å². The van der Waals surface area contributed by atoms with Crippen molar-refractivity contribution in [2.24, 2.45) is 10.7 Å². The van der Waals surface area contributed by atoms with Gasteiger partial charge in [0.05, 0.1) is 0 Å². The lowest BCUT2D eigenvalue weighted by molar-refractivity contribution is -0.118. The molecule has 0 saturated heterocycles. The number of halogens is 3. The first kappa shape index (κ1) is 9.55. The van der Waals surface area contributed by atoms with E-state index in [-0.39, 0.29) is 0 Å². The number of nitriles is 1. The Bertz CT molecular complexity index is 188. The highest BCUT2D eigenvalue weighted by atomic mass is 19.4. The average molecular weight is 166 g/mol. The van der Waals surface area contributed by atoms with Gasteiger partial charge in [-0.2, -0.15) is 18.4 Å². The Labute approximate surface area is 60.5 Å². The van der Waals surface area contributed by atoms with Crippen LogP contribution >= 0.6 is 0 Å².